The van der Waals surface area contributed by atoms with Gasteiger partial charge in [0.1, 0.15) is 23.7 Å². The predicted octanol–water partition coefficient (Wildman–Crippen LogP) is 1.65. The van der Waals surface area contributed by atoms with Gasteiger partial charge >= 0.3 is 12.1 Å². The maximum atomic E-state index is 13.0. The van der Waals surface area contributed by atoms with E-state index in [2.05, 4.69) is 16.0 Å². The van der Waals surface area contributed by atoms with Crippen molar-refractivity contribution >= 4 is 29.8 Å². The van der Waals surface area contributed by atoms with Crippen molar-refractivity contribution in [3.8, 4) is 0 Å². The number of carbonyl (C=O) groups is 5. The lowest BCUT2D eigenvalue weighted by Gasteiger charge is -2.29. The van der Waals surface area contributed by atoms with Gasteiger partial charge < -0.3 is 25.8 Å². The molecule has 0 spiro atoms. The summed E-state index contributed by atoms with van der Waals surface area (Å²) in [7, 11) is 0. The van der Waals surface area contributed by atoms with Crippen molar-refractivity contribution in [2.75, 3.05) is 13.1 Å². The molecule has 0 aliphatic carbocycles. The van der Waals surface area contributed by atoms with Gasteiger partial charge in [0.05, 0.1) is 6.54 Å². The fraction of sp³-hybridized carbons (Fsp3) is 0.792. The molecule has 0 bridgehead atoms. The van der Waals surface area contributed by atoms with Gasteiger partial charge in [0.25, 0.3) is 0 Å². The Labute approximate surface area is 207 Å². The molecule has 11 nitrogen and oxygen atoms in total. The quantitative estimate of drug-likeness (QED) is 0.338. The second-order valence-corrected chi connectivity index (χ2v) is 10.8. The second kappa shape index (κ2) is 13.3. The first kappa shape index (κ1) is 30.2. The smallest absolute Gasteiger partial charge is 0.410 e. The Morgan fingerprint density at radius 2 is 1.54 bits per heavy atom. The van der Waals surface area contributed by atoms with Crippen LogP contribution in [0.3, 0.4) is 0 Å². The Morgan fingerprint density at radius 3 is 2.06 bits per heavy atom. The largest absolute Gasteiger partial charge is 0.480 e. The number of amides is 4. The first-order valence-corrected chi connectivity index (χ1v) is 12.2. The normalized spacial score (nSPS) is 17.6. The molecule has 0 aromatic carbocycles. The van der Waals surface area contributed by atoms with Crippen LogP contribution in [0.5, 0.6) is 0 Å². The zero-order valence-electron chi connectivity index (χ0n) is 22.0. The van der Waals surface area contributed by atoms with Crippen molar-refractivity contribution in [3.05, 3.63) is 0 Å². The topological polar surface area (TPSA) is 154 Å². The molecule has 0 saturated carbocycles. The monoisotopic (exact) mass is 498 g/mol. The Bertz CT molecular complexity index is 776. The van der Waals surface area contributed by atoms with Gasteiger partial charge in [-0.15, -0.1) is 0 Å². The Kier molecular flexibility index (Phi) is 11.5. The molecule has 0 aromatic heterocycles. The van der Waals surface area contributed by atoms with Crippen LogP contribution in [0.15, 0.2) is 0 Å². The van der Waals surface area contributed by atoms with Gasteiger partial charge in [-0.25, -0.2) is 9.59 Å². The number of hydrogen-bond acceptors (Lipinski definition) is 6. The lowest BCUT2D eigenvalue weighted by atomic mass is 10.0. The number of nitrogens with zero attached hydrogens (tertiary/aromatic N) is 1. The van der Waals surface area contributed by atoms with E-state index in [1.54, 1.807) is 20.8 Å². The highest BCUT2D eigenvalue weighted by Crippen LogP contribution is 2.21. The van der Waals surface area contributed by atoms with Crippen LogP contribution in [0.25, 0.3) is 0 Å². The fourth-order valence-corrected chi connectivity index (χ4v) is 3.78. The van der Waals surface area contributed by atoms with Crippen molar-refractivity contribution in [2.45, 2.75) is 97.9 Å². The van der Waals surface area contributed by atoms with E-state index in [0.29, 0.717) is 25.8 Å². The number of carboxylic acids is 1. The van der Waals surface area contributed by atoms with Crippen LogP contribution >= 0.6 is 0 Å². The number of ether oxygens (including phenoxy) is 1. The summed E-state index contributed by atoms with van der Waals surface area (Å²) < 4.78 is 5.40. The zero-order chi connectivity index (χ0) is 26.9. The zero-order valence-corrected chi connectivity index (χ0v) is 22.0. The molecule has 1 aliphatic heterocycles. The summed E-state index contributed by atoms with van der Waals surface area (Å²) in [6.07, 6.45) is 1.10. The van der Waals surface area contributed by atoms with Gasteiger partial charge in [-0.1, -0.05) is 27.7 Å². The minimum Gasteiger partial charge on any atom is -0.480 e. The third kappa shape index (κ3) is 11.0. The number of carbonyl (C=O) groups excluding carboxylic acids is 4. The molecule has 1 fully saturated rings. The minimum absolute atomic E-state index is 0.0625. The highest BCUT2D eigenvalue weighted by Gasteiger charge is 2.38. The third-order valence-electron chi connectivity index (χ3n) is 5.29. The maximum absolute atomic E-state index is 13.0. The van der Waals surface area contributed by atoms with E-state index >= 15 is 0 Å². The molecule has 4 amide bonds. The molecule has 35 heavy (non-hydrogen) atoms. The van der Waals surface area contributed by atoms with Crippen LogP contribution in [0.4, 0.5) is 4.79 Å². The SMILES string of the molecule is CC(C)CC(NC(=O)CNC(=O)C(CC(C)C)NC(=O)C1CCCN1C(=O)OC(C)(C)C)C(=O)O. The molecule has 4 N–H and O–H groups in total. The summed E-state index contributed by atoms with van der Waals surface area (Å²) in [5.74, 6) is -2.66. The molecular formula is C24H42N4O7. The van der Waals surface area contributed by atoms with Gasteiger partial charge in [-0.05, 0) is 58.3 Å². The van der Waals surface area contributed by atoms with Crippen LogP contribution in [0.2, 0.25) is 0 Å². The highest BCUT2D eigenvalue weighted by molar-refractivity contribution is 5.93. The van der Waals surface area contributed by atoms with Crippen molar-refractivity contribution in [1.82, 2.24) is 20.9 Å². The Balaban J connectivity index is 2.77. The van der Waals surface area contributed by atoms with E-state index in [1.165, 1.54) is 4.90 Å². The van der Waals surface area contributed by atoms with Gasteiger partial charge in [0.2, 0.25) is 17.7 Å². The summed E-state index contributed by atoms with van der Waals surface area (Å²) >= 11 is 0. The van der Waals surface area contributed by atoms with Gasteiger partial charge in [-0.3, -0.25) is 19.3 Å². The van der Waals surface area contributed by atoms with E-state index in [1.807, 2.05) is 27.7 Å². The molecule has 3 atom stereocenters. The average Bonchev–Trinajstić information content (AvgIpc) is 3.19. The van der Waals surface area contributed by atoms with Crippen LogP contribution in [-0.4, -0.2) is 76.6 Å². The first-order valence-electron chi connectivity index (χ1n) is 12.2. The summed E-state index contributed by atoms with van der Waals surface area (Å²) in [5.41, 5.74) is -0.698. The number of aliphatic carboxylic acids is 1. The molecule has 0 aromatic rings. The van der Waals surface area contributed by atoms with Gasteiger partial charge in [-0.2, -0.15) is 0 Å². The van der Waals surface area contributed by atoms with E-state index < -0.39 is 60.1 Å². The molecule has 200 valence electrons. The minimum atomic E-state index is -1.14. The van der Waals surface area contributed by atoms with E-state index in [-0.39, 0.29) is 18.3 Å². The van der Waals surface area contributed by atoms with Crippen molar-refractivity contribution in [1.29, 1.82) is 0 Å². The lowest BCUT2D eigenvalue weighted by Crippen LogP contribution is -2.55. The summed E-state index contributed by atoms with van der Waals surface area (Å²) in [6, 6.07) is -2.71. The van der Waals surface area contributed by atoms with Gasteiger partial charge in [0.15, 0.2) is 0 Å². The number of hydrogen-bond donors (Lipinski definition) is 4. The molecule has 1 rings (SSSR count). The Hall–Kier alpha value is -2.85. The Morgan fingerprint density at radius 1 is 0.971 bits per heavy atom. The average molecular weight is 499 g/mol. The van der Waals surface area contributed by atoms with Crippen molar-refractivity contribution < 1.29 is 33.8 Å². The molecule has 1 saturated heterocycles. The van der Waals surface area contributed by atoms with E-state index in [4.69, 9.17) is 4.74 Å². The standard InChI is InChI=1S/C24H42N4O7/c1-14(2)11-16(20(30)25-13-19(29)26-17(22(32)33)12-15(3)4)27-21(31)18-9-8-10-28(18)23(34)35-24(5,6)7/h14-18H,8-13H2,1-7H3,(H,25,30)(H,26,29)(H,27,31)(H,32,33). The summed E-state index contributed by atoms with van der Waals surface area (Å²) in [4.78, 5) is 63.3. The fourth-order valence-electron chi connectivity index (χ4n) is 3.78. The second-order valence-electron chi connectivity index (χ2n) is 10.8. The van der Waals surface area contributed by atoms with E-state index in [0.717, 1.165) is 0 Å². The van der Waals surface area contributed by atoms with E-state index in [9.17, 15) is 29.1 Å². The first-order chi connectivity index (χ1) is 16.1. The van der Waals surface area contributed by atoms with Crippen LogP contribution in [0, 0.1) is 11.8 Å². The molecule has 3 unspecified atom stereocenters. The van der Waals surface area contributed by atoms with Crippen LogP contribution < -0.4 is 16.0 Å². The molecule has 1 aliphatic rings. The van der Waals surface area contributed by atoms with Crippen molar-refractivity contribution in [2.24, 2.45) is 11.8 Å². The summed E-state index contributed by atoms with van der Waals surface area (Å²) in [6.45, 7) is 12.7. The molecule has 0 radical (unpaired) electrons. The lowest BCUT2D eigenvalue weighted by molar-refractivity contribution is -0.142. The maximum Gasteiger partial charge on any atom is 0.410 e. The third-order valence-corrected chi connectivity index (χ3v) is 5.29. The van der Waals surface area contributed by atoms with Gasteiger partial charge in [0, 0.05) is 6.54 Å². The number of likely N-dealkylation sites (tertiary alicyclic amines) is 1. The summed E-state index contributed by atoms with van der Waals surface area (Å²) in [5, 5.41) is 16.9. The van der Waals surface area contributed by atoms with Crippen LogP contribution in [-0.2, 0) is 23.9 Å². The highest BCUT2D eigenvalue weighted by atomic mass is 16.6. The predicted molar refractivity (Wildman–Crippen MR) is 129 cm³/mol. The van der Waals surface area contributed by atoms with Crippen LogP contribution in [0.1, 0.15) is 74.1 Å². The molecule has 1 heterocycles. The number of carboxylic acid groups (broad SMARTS) is 1. The number of nitrogens with one attached hydrogen (secondary N) is 3. The molecule has 11 heteroatoms. The number of rotatable bonds is 11. The molecular weight excluding hydrogens is 456 g/mol. The van der Waals surface area contributed by atoms with Crippen molar-refractivity contribution in [3.63, 3.8) is 0 Å².